The average molecular weight is 242 g/mol. The summed E-state index contributed by atoms with van der Waals surface area (Å²) in [5, 5.41) is 12.2. The van der Waals surface area contributed by atoms with Crippen LogP contribution in [-0.2, 0) is 0 Å². The maximum absolute atomic E-state index is 7.65. The summed E-state index contributed by atoms with van der Waals surface area (Å²) in [6.07, 6.45) is 1.91. The van der Waals surface area contributed by atoms with Crippen molar-refractivity contribution >= 4 is 5.84 Å². The van der Waals surface area contributed by atoms with E-state index in [1.807, 2.05) is 37.4 Å². The third-order valence-corrected chi connectivity index (χ3v) is 2.89. The first-order chi connectivity index (χ1) is 8.49. The Balaban J connectivity index is 2.52. The number of aryl methyl sites for hydroxylation is 1. The van der Waals surface area contributed by atoms with Gasteiger partial charge in [-0.1, -0.05) is 25.5 Å². The van der Waals surface area contributed by atoms with E-state index in [2.05, 4.69) is 18.9 Å². The molecule has 2 aromatic rings. The molecule has 0 saturated carbocycles. The van der Waals surface area contributed by atoms with Crippen molar-refractivity contribution in [3.8, 4) is 5.69 Å². The maximum Gasteiger partial charge on any atom is 0.124 e. The SMILES string of the molecule is Cc1ccc(-n2ccc(C(C)C)n2)c(C(=N)N)c1. The number of hydrogen-bond donors (Lipinski definition) is 2. The number of nitrogens with two attached hydrogens (primary N) is 1. The molecule has 94 valence electrons. The maximum atomic E-state index is 7.65. The smallest absolute Gasteiger partial charge is 0.124 e. The fourth-order valence-electron chi connectivity index (χ4n) is 1.85. The van der Waals surface area contributed by atoms with E-state index in [0.29, 0.717) is 11.5 Å². The number of nitrogens with zero attached hydrogens (tertiary/aromatic N) is 2. The van der Waals surface area contributed by atoms with Crippen molar-refractivity contribution in [1.29, 1.82) is 5.41 Å². The summed E-state index contributed by atoms with van der Waals surface area (Å²) in [7, 11) is 0. The van der Waals surface area contributed by atoms with Crippen LogP contribution < -0.4 is 5.73 Å². The van der Waals surface area contributed by atoms with Crippen LogP contribution in [0.1, 0.15) is 36.6 Å². The first kappa shape index (κ1) is 12.4. The number of amidine groups is 1. The molecule has 1 heterocycles. The van der Waals surface area contributed by atoms with Crippen LogP contribution in [0.2, 0.25) is 0 Å². The number of nitrogens with one attached hydrogen (secondary N) is 1. The average Bonchev–Trinajstić information content (AvgIpc) is 2.78. The van der Waals surface area contributed by atoms with Gasteiger partial charge >= 0.3 is 0 Å². The molecule has 0 atom stereocenters. The Morgan fingerprint density at radius 2 is 2.06 bits per heavy atom. The molecule has 0 aliphatic carbocycles. The van der Waals surface area contributed by atoms with Crippen LogP contribution in [0.5, 0.6) is 0 Å². The van der Waals surface area contributed by atoms with E-state index in [-0.39, 0.29) is 5.84 Å². The van der Waals surface area contributed by atoms with Gasteiger partial charge in [0.05, 0.1) is 11.4 Å². The van der Waals surface area contributed by atoms with Crippen LogP contribution >= 0.6 is 0 Å². The highest BCUT2D eigenvalue weighted by atomic mass is 15.3. The molecule has 0 bridgehead atoms. The Hall–Kier alpha value is -2.10. The third kappa shape index (κ3) is 2.27. The minimum absolute atomic E-state index is 0.0651. The summed E-state index contributed by atoms with van der Waals surface area (Å²) < 4.78 is 1.78. The molecule has 0 unspecified atom stereocenters. The van der Waals surface area contributed by atoms with E-state index in [1.54, 1.807) is 4.68 Å². The van der Waals surface area contributed by atoms with Crippen molar-refractivity contribution in [2.24, 2.45) is 5.73 Å². The second-order valence-electron chi connectivity index (χ2n) is 4.77. The monoisotopic (exact) mass is 242 g/mol. The lowest BCUT2D eigenvalue weighted by Crippen LogP contribution is -2.15. The molecule has 4 heteroatoms. The molecule has 0 radical (unpaired) electrons. The predicted molar refractivity (Wildman–Crippen MR) is 73.4 cm³/mol. The molecule has 18 heavy (non-hydrogen) atoms. The molecule has 3 N–H and O–H groups in total. The summed E-state index contributed by atoms with van der Waals surface area (Å²) in [5.74, 6) is 0.452. The largest absolute Gasteiger partial charge is 0.384 e. The lowest BCUT2D eigenvalue weighted by atomic mass is 10.1. The van der Waals surface area contributed by atoms with Crippen molar-refractivity contribution in [1.82, 2.24) is 9.78 Å². The first-order valence-electron chi connectivity index (χ1n) is 6.00. The Morgan fingerprint density at radius 1 is 1.33 bits per heavy atom. The van der Waals surface area contributed by atoms with Gasteiger partial charge < -0.3 is 5.73 Å². The zero-order valence-electron chi connectivity index (χ0n) is 10.9. The quantitative estimate of drug-likeness (QED) is 0.641. The van der Waals surface area contributed by atoms with Crippen LogP contribution in [0.25, 0.3) is 5.69 Å². The van der Waals surface area contributed by atoms with E-state index in [1.165, 1.54) is 0 Å². The molecule has 1 aromatic heterocycles. The van der Waals surface area contributed by atoms with E-state index in [0.717, 1.165) is 16.9 Å². The van der Waals surface area contributed by atoms with Gasteiger partial charge in [-0.2, -0.15) is 5.10 Å². The molecule has 1 aromatic carbocycles. The summed E-state index contributed by atoms with van der Waals surface area (Å²) in [6.45, 7) is 6.19. The van der Waals surface area contributed by atoms with Gasteiger partial charge in [-0.25, -0.2) is 4.68 Å². The van der Waals surface area contributed by atoms with Crippen LogP contribution in [-0.4, -0.2) is 15.6 Å². The van der Waals surface area contributed by atoms with Crippen molar-refractivity contribution in [2.75, 3.05) is 0 Å². The summed E-state index contributed by atoms with van der Waals surface area (Å²) >= 11 is 0. The van der Waals surface area contributed by atoms with E-state index in [9.17, 15) is 0 Å². The van der Waals surface area contributed by atoms with Gasteiger partial charge in [0, 0.05) is 11.8 Å². The fraction of sp³-hybridized carbons (Fsp3) is 0.286. The molecular weight excluding hydrogens is 224 g/mol. The molecule has 0 fully saturated rings. The summed E-state index contributed by atoms with van der Waals surface area (Å²) in [6, 6.07) is 7.85. The predicted octanol–water partition coefficient (Wildman–Crippen LogP) is 2.59. The lowest BCUT2D eigenvalue weighted by molar-refractivity contribution is 0.767. The van der Waals surface area contributed by atoms with E-state index >= 15 is 0 Å². The van der Waals surface area contributed by atoms with E-state index in [4.69, 9.17) is 11.1 Å². The van der Waals surface area contributed by atoms with Gasteiger partial charge in [-0.3, -0.25) is 5.41 Å². The Morgan fingerprint density at radius 3 is 2.61 bits per heavy atom. The van der Waals surface area contributed by atoms with Gasteiger partial charge in [0.25, 0.3) is 0 Å². The molecular formula is C14H18N4. The first-order valence-corrected chi connectivity index (χ1v) is 6.00. The van der Waals surface area contributed by atoms with Crippen molar-refractivity contribution in [3.63, 3.8) is 0 Å². The molecule has 2 rings (SSSR count). The van der Waals surface area contributed by atoms with Gasteiger partial charge in [0.15, 0.2) is 0 Å². The van der Waals surface area contributed by atoms with Crippen molar-refractivity contribution in [3.05, 3.63) is 47.3 Å². The fourth-order valence-corrected chi connectivity index (χ4v) is 1.85. The zero-order chi connectivity index (χ0) is 13.3. The zero-order valence-corrected chi connectivity index (χ0v) is 10.9. The number of rotatable bonds is 3. The number of hydrogen-bond acceptors (Lipinski definition) is 2. The Kier molecular flexibility index (Phi) is 3.19. The highest BCUT2D eigenvalue weighted by molar-refractivity contribution is 5.98. The lowest BCUT2D eigenvalue weighted by Gasteiger charge is -2.09. The Bertz CT molecular complexity index is 581. The van der Waals surface area contributed by atoms with E-state index < -0.39 is 0 Å². The summed E-state index contributed by atoms with van der Waals surface area (Å²) in [5.41, 5.74) is 9.31. The molecule has 0 aliphatic heterocycles. The molecule has 0 spiro atoms. The highest BCUT2D eigenvalue weighted by Crippen LogP contribution is 2.18. The number of benzene rings is 1. The molecule has 0 aliphatic rings. The van der Waals surface area contributed by atoms with Crippen LogP contribution in [0.3, 0.4) is 0 Å². The second kappa shape index (κ2) is 4.64. The van der Waals surface area contributed by atoms with Crippen LogP contribution in [0.15, 0.2) is 30.5 Å². The molecule has 0 saturated heterocycles. The normalized spacial score (nSPS) is 10.9. The summed E-state index contributed by atoms with van der Waals surface area (Å²) in [4.78, 5) is 0. The molecule has 0 amide bonds. The number of nitrogen functional groups attached to an aromatic ring is 1. The second-order valence-corrected chi connectivity index (χ2v) is 4.77. The minimum atomic E-state index is 0.0651. The minimum Gasteiger partial charge on any atom is -0.384 e. The topological polar surface area (TPSA) is 67.7 Å². The third-order valence-electron chi connectivity index (χ3n) is 2.89. The van der Waals surface area contributed by atoms with Crippen molar-refractivity contribution < 1.29 is 0 Å². The van der Waals surface area contributed by atoms with Crippen LogP contribution in [0.4, 0.5) is 0 Å². The highest BCUT2D eigenvalue weighted by Gasteiger charge is 2.10. The van der Waals surface area contributed by atoms with Gasteiger partial charge in [0.1, 0.15) is 5.84 Å². The number of aromatic nitrogens is 2. The van der Waals surface area contributed by atoms with Crippen LogP contribution in [0, 0.1) is 12.3 Å². The van der Waals surface area contributed by atoms with Crippen molar-refractivity contribution in [2.45, 2.75) is 26.7 Å². The Labute approximate surface area is 107 Å². The standard InChI is InChI=1S/C14H18N4/c1-9(2)12-6-7-18(17-12)13-5-4-10(3)8-11(13)14(15)16/h4-9H,1-3H3,(H3,15,16). The van der Waals surface area contributed by atoms with Gasteiger partial charge in [-0.05, 0) is 31.0 Å². The van der Waals surface area contributed by atoms with Gasteiger partial charge in [-0.15, -0.1) is 0 Å². The molecule has 4 nitrogen and oxygen atoms in total. The van der Waals surface area contributed by atoms with Gasteiger partial charge in [0.2, 0.25) is 0 Å².